The predicted octanol–water partition coefficient (Wildman–Crippen LogP) is 0.184. The number of anilines is 1. The molecule has 0 spiro atoms. The number of carbonyl (C=O) groups excluding carboxylic acids is 1. The van der Waals surface area contributed by atoms with Crippen LogP contribution in [0.5, 0.6) is 0 Å². The largest absolute Gasteiger partial charge is 0.394 e. The minimum absolute atomic E-state index is 0.203. The van der Waals surface area contributed by atoms with Crippen molar-refractivity contribution in [3.8, 4) is 0 Å². The Kier molecular flexibility index (Phi) is 6.84. The third-order valence-electron chi connectivity index (χ3n) is 5.93. The topological polar surface area (TPSA) is 166 Å². The van der Waals surface area contributed by atoms with Crippen molar-refractivity contribution in [3.05, 3.63) is 48.5 Å². The number of ether oxygens (including phenoxy) is 1. The number of aliphatic hydroxyl groups excluding tert-OH is 2. The number of amides is 1. The molecule has 2 aromatic heterocycles. The molecule has 0 saturated carbocycles. The summed E-state index contributed by atoms with van der Waals surface area (Å²) in [6.07, 6.45) is 1.07. The first-order chi connectivity index (χ1) is 16.0. The van der Waals surface area contributed by atoms with Crippen LogP contribution in [0.15, 0.2) is 43.0 Å². The summed E-state index contributed by atoms with van der Waals surface area (Å²) < 4.78 is 7.63. The van der Waals surface area contributed by atoms with E-state index in [0.717, 1.165) is 12.0 Å². The first kappa shape index (κ1) is 23.1. The number of nitrogens with two attached hydrogens (primary N) is 2. The summed E-state index contributed by atoms with van der Waals surface area (Å²) in [7, 11) is 0. The molecule has 6 N–H and O–H groups in total. The maximum Gasteiger partial charge on any atom is 0.240 e. The second-order valence-corrected chi connectivity index (χ2v) is 8.16. The highest BCUT2D eigenvalue weighted by Crippen LogP contribution is 2.36. The summed E-state index contributed by atoms with van der Waals surface area (Å²) in [4.78, 5) is 27.5. The maximum atomic E-state index is 13.5. The van der Waals surface area contributed by atoms with Crippen LogP contribution in [0.4, 0.5) is 5.82 Å². The van der Waals surface area contributed by atoms with Crippen molar-refractivity contribution in [1.29, 1.82) is 0 Å². The Morgan fingerprint density at radius 1 is 1.27 bits per heavy atom. The van der Waals surface area contributed by atoms with Gasteiger partial charge >= 0.3 is 0 Å². The molecule has 3 aromatic rings. The molecule has 1 aliphatic rings. The number of benzene rings is 1. The molecule has 4 rings (SSSR count). The number of fused-ring (bicyclic) bond motifs is 1. The normalized spacial score (nSPS) is 23.6. The molecular weight excluding hydrogens is 426 g/mol. The van der Waals surface area contributed by atoms with Gasteiger partial charge in [0.15, 0.2) is 17.7 Å². The molecule has 1 amide bonds. The molecule has 0 radical (unpaired) electrons. The number of aromatic nitrogens is 4. The smallest absolute Gasteiger partial charge is 0.240 e. The minimum Gasteiger partial charge on any atom is -0.394 e. The lowest BCUT2D eigenvalue weighted by Gasteiger charge is -2.35. The van der Waals surface area contributed by atoms with E-state index < -0.39 is 37.1 Å². The van der Waals surface area contributed by atoms with Crippen molar-refractivity contribution >= 4 is 22.9 Å². The Hall–Kier alpha value is -3.12. The van der Waals surface area contributed by atoms with E-state index in [0.29, 0.717) is 17.6 Å². The summed E-state index contributed by atoms with van der Waals surface area (Å²) in [5.74, 6) is -0.106. The average Bonchev–Trinajstić information content (AvgIpc) is 3.39. The van der Waals surface area contributed by atoms with Crippen LogP contribution in [-0.2, 0) is 16.1 Å². The van der Waals surface area contributed by atoms with Gasteiger partial charge in [-0.1, -0.05) is 43.7 Å². The molecular formula is C22H29N7O4. The van der Waals surface area contributed by atoms with Gasteiger partial charge in [0.25, 0.3) is 0 Å². The molecule has 11 heteroatoms. The number of carbonyl (C=O) groups is 1. The molecule has 0 aliphatic carbocycles. The summed E-state index contributed by atoms with van der Waals surface area (Å²) >= 11 is 0. The van der Waals surface area contributed by atoms with Crippen molar-refractivity contribution < 1.29 is 19.7 Å². The van der Waals surface area contributed by atoms with E-state index in [1.165, 1.54) is 17.6 Å². The van der Waals surface area contributed by atoms with Crippen molar-refractivity contribution in [2.24, 2.45) is 5.73 Å². The number of nitrogens with zero attached hydrogens (tertiary/aromatic N) is 5. The first-order valence-corrected chi connectivity index (χ1v) is 10.9. The maximum absolute atomic E-state index is 13.5. The fourth-order valence-corrected chi connectivity index (χ4v) is 4.26. The van der Waals surface area contributed by atoms with E-state index in [1.54, 1.807) is 4.57 Å². The van der Waals surface area contributed by atoms with E-state index in [9.17, 15) is 15.0 Å². The third-order valence-corrected chi connectivity index (χ3v) is 5.93. The molecule has 1 fully saturated rings. The van der Waals surface area contributed by atoms with E-state index in [4.69, 9.17) is 16.2 Å². The molecule has 11 nitrogen and oxygen atoms in total. The number of hydrogen-bond donors (Lipinski definition) is 4. The molecule has 5 atom stereocenters. The Balaban J connectivity index is 1.78. The van der Waals surface area contributed by atoms with E-state index in [-0.39, 0.29) is 18.3 Å². The summed E-state index contributed by atoms with van der Waals surface area (Å²) in [5, 5.41) is 21.0. The Morgan fingerprint density at radius 2 is 2.03 bits per heavy atom. The van der Waals surface area contributed by atoms with Crippen molar-refractivity contribution in [2.45, 2.75) is 56.8 Å². The van der Waals surface area contributed by atoms with Gasteiger partial charge in [0.1, 0.15) is 30.1 Å². The van der Waals surface area contributed by atoms with E-state index in [1.807, 2.05) is 37.3 Å². The molecule has 176 valence electrons. The van der Waals surface area contributed by atoms with Gasteiger partial charge in [0.05, 0.1) is 19.0 Å². The Morgan fingerprint density at radius 3 is 2.73 bits per heavy atom. The average molecular weight is 456 g/mol. The SMILES string of the molecule is CCCC(N)C(=O)N(Cc1ccccc1)[C@H]1C(O)[C@@H](CO)O[C@H]1n1cnc2c(N)ncnc21. The van der Waals surface area contributed by atoms with E-state index in [2.05, 4.69) is 15.0 Å². The van der Waals surface area contributed by atoms with Crippen molar-refractivity contribution in [2.75, 3.05) is 12.3 Å². The van der Waals surface area contributed by atoms with Crippen LogP contribution < -0.4 is 11.5 Å². The van der Waals surface area contributed by atoms with Crippen molar-refractivity contribution in [3.63, 3.8) is 0 Å². The molecule has 1 aromatic carbocycles. The van der Waals surface area contributed by atoms with Crippen LogP contribution in [0.25, 0.3) is 11.2 Å². The van der Waals surface area contributed by atoms with Crippen LogP contribution in [0.3, 0.4) is 0 Å². The molecule has 3 heterocycles. The summed E-state index contributed by atoms with van der Waals surface area (Å²) in [5.41, 5.74) is 13.8. The van der Waals surface area contributed by atoms with Crippen LogP contribution in [0.1, 0.15) is 31.6 Å². The quantitative estimate of drug-likeness (QED) is 0.371. The Labute approximate surface area is 191 Å². The van der Waals surface area contributed by atoms with Gasteiger partial charge in [-0.25, -0.2) is 15.0 Å². The molecule has 1 saturated heterocycles. The standard InChI is InChI=1S/C22H29N7O4/c1-2-6-14(23)21(32)28(9-13-7-4-3-5-8-13)17-18(31)15(10-30)33-22(17)29-12-27-16-19(24)25-11-26-20(16)29/h3-5,7-8,11-12,14-15,17-18,22,30-31H,2,6,9-10,23H2,1H3,(H2,24,25,26)/t14?,15-,17+,18?,22-/m1/s1. The lowest BCUT2D eigenvalue weighted by molar-refractivity contribution is -0.140. The number of imidazole rings is 1. The fraction of sp³-hybridized carbons (Fsp3) is 0.455. The Bertz CT molecular complexity index is 1090. The summed E-state index contributed by atoms with van der Waals surface area (Å²) in [6, 6.07) is 7.84. The van der Waals surface area contributed by atoms with E-state index >= 15 is 0 Å². The molecule has 33 heavy (non-hydrogen) atoms. The van der Waals surface area contributed by atoms with Crippen LogP contribution in [0, 0.1) is 0 Å². The van der Waals surface area contributed by atoms with Gasteiger partial charge in [0, 0.05) is 6.54 Å². The lowest BCUT2D eigenvalue weighted by atomic mass is 10.0. The highest BCUT2D eigenvalue weighted by molar-refractivity contribution is 5.83. The van der Waals surface area contributed by atoms with Gasteiger partial charge < -0.3 is 31.3 Å². The molecule has 2 unspecified atom stereocenters. The molecule has 0 bridgehead atoms. The number of nitrogen functional groups attached to an aromatic ring is 1. The fourth-order valence-electron chi connectivity index (χ4n) is 4.26. The van der Waals surface area contributed by atoms with Crippen LogP contribution >= 0.6 is 0 Å². The number of hydrogen-bond acceptors (Lipinski definition) is 9. The van der Waals surface area contributed by atoms with Crippen molar-refractivity contribution in [1.82, 2.24) is 24.4 Å². The minimum atomic E-state index is -1.17. The van der Waals surface area contributed by atoms with Crippen LogP contribution in [0.2, 0.25) is 0 Å². The van der Waals surface area contributed by atoms with Gasteiger partial charge in [-0.2, -0.15) is 0 Å². The number of aliphatic hydroxyl groups is 2. The predicted molar refractivity (Wildman–Crippen MR) is 120 cm³/mol. The zero-order valence-electron chi connectivity index (χ0n) is 18.4. The highest BCUT2D eigenvalue weighted by Gasteiger charge is 2.49. The zero-order chi connectivity index (χ0) is 23.5. The van der Waals surface area contributed by atoms with Gasteiger partial charge in [-0.3, -0.25) is 9.36 Å². The third kappa shape index (κ3) is 4.40. The first-order valence-electron chi connectivity index (χ1n) is 10.9. The highest BCUT2D eigenvalue weighted by atomic mass is 16.5. The second kappa shape index (κ2) is 9.79. The zero-order valence-corrected chi connectivity index (χ0v) is 18.4. The number of rotatable bonds is 8. The lowest BCUT2D eigenvalue weighted by Crippen LogP contribution is -2.54. The molecule has 1 aliphatic heterocycles. The van der Waals surface area contributed by atoms with Gasteiger partial charge in [-0.15, -0.1) is 0 Å². The second-order valence-electron chi connectivity index (χ2n) is 8.16. The van der Waals surface area contributed by atoms with Gasteiger partial charge in [0.2, 0.25) is 5.91 Å². The van der Waals surface area contributed by atoms with Crippen LogP contribution in [-0.4, -0.2) is 71.4 Å². The van der Waals surface area contributed by atoms with Gasteiger partial charge in [-0.05, 0) is 12.0 Å². The monoisotopic (exact) mass is 455 g/mol. The summed E-state index contributed by atoms with van der Waals surface area (Å²) in [6.45, 7) is 1.74.